The van der Waals surface area contributed by atoms with Gasteiger partial charge in [0, 0.05) is 43.1 Å². The van der Waals surface area contributed by atoms with Crippen molar-refractivity contribution in [1.82, 2.24) is 14.9 Å². The SMILES string of the molecule is CN(C)C(=O)c1ccc(NC(=O)Cc2csc(-c3cccnc3)n2)cc1Cl. The van der Waals surface area contributed by atoms with E-state index in [4.69, 9.17) is 11.6 Å². The third-order valence-electron chi connectivity index (χ3n) is 3.69. The average Bonchev–Trinajstić information content (AvgIpc) is 3.10. The first-order valence-corrected chi connectivity index (χ1v) is 9.35. The van der Waals surface area contributed by atoms with E-state index >= 15 is 0 Å². The van der Waals surface area contributed by atoms with Crippen molar-refractivity contribution >= 4 is 40.4 Å². The molecule has 0 radical (unpaired) electrons. The predicted molar refractivity (Wildman–Crippen MR) is 107 cm³/mol. The van der Waals surface area contributed by atoms with Gasteiger partial charge in [-0.15, -0.1) is 11.3 Å². The number of rotatable bonds is 5. The van der Waals surface area contributed by atoms with Crippen molar-refractivity contribution in [2.75, 3.05) is 19.4 Å². The van der Waals surface area contributed by atoms with E-state index in [1.807, 2.05) is 17.5 Å². The summed E-state index contributed by atoms with van der Waals surface area (Å²) in [6, 6.07) is 8.59. The minimum absolute atomic E-state index is 0.146. The van der Waals surface area contributed by atoms with Crippen LogP contribution in [0, 0.1) is 0 Å². The highest BCUT2D eigenvalue weighted by molar-refractivity contribution is 7.13. The van der Waals surface area contributed by atoms with Crippen LogP contribution in [0.3, 0.4) is 0 Å². The zero-order valence-electron chi connectivity index (χ0n) is 14.8. The monoisotopic (exact) mass is 400 g/mol. The van der Waals surface area contributed by atoms with Gasteiger partial charge in [-0.05, 0) is 30.3 Å². The van der Waals surface area contributed by atoms with Crippen LogP contribution in [0.5, 0.6) is 0 Å². The van der Waals surface area contributed by atoms with E-state index in [2.05, 4.69) is 15.3 Å². The molecule has 6 nitrogen and oxygen atoms in total. The molecule has 2 heterocycles. The molecule has 0 saturated carbocycles. The van der Waals surface area contributed by atoms with E-state index in [-0.39, 0.29) is 18.2 Å². The zero-order valence-corrected chi connectivity index (χ0v) is 16.3. The van der Waals surface area contributed by atoms with Crippen molar-refractivity contribution in [2.24, 2.45) is 0 Å². The molecule has 0 unspecified atom stereocenters. The molecule has 2 amide bonds. The van der Waals surface area contributed by atoms with Crippen LogP contribution in [0.2, 0.25) is 5.02 Å². The molecule has 1 N–H and O–H groups in total. The number of thiazole rings is 1. The minimum Gasteiger partial charge on any atom is -0.345 e. The Kier molecular flexibility index (Phi) is 5.83. The first-order valence-electron chi connectivity index (χ1n) is 8.10. The summed E-state index contributed by atoms with van der Waals surface area (Å²) in [4.78, 5) is 34.3. The fraction of sp³-hybridized carbons (Fsp3) is 0.158. The van der Waals surface area contributed by atoms with E-state index in [0.717, 1.165) is 10.6 Å². The summed E-state index contributed by atoms with van der Waals surface area (Å²) in [5.41, 5.74) is 2.52. The van der Waals surface area contributed by atoms with Crippen LogP contribution in [0.15, 0.2) is 48.1 Å². The Morgan fingerprint density at radius 1 is 1.26 bits per heavy atom. The predicted octanol–water partition coefficient (Wildman–Crippen LogP) is 3.74. The molecule has 27 heavy (non-hydrogen) atoms. The molecule has 0 spiro atoms. The third kappa shape index (κ3) is 4.69. The van der Waals surface area contributed by atoms with Gasteiger partial charge in [0.05, 0.1) is 22.7 Å². The second-order valence-corrected chi connectivity index (χ2v) is 7.27. The molecule has 0 atom stereocenters. The molecule has 0 saturated heterocycles. The van der Waals surface area contributed by atoms with Crippen molar-refractivity contribution < 1.29 is 9.59 Å². The number of aromatic nitrogens is 2. The maximum absolute atomic E-state index is 12.3. The van der Waals surface area contributed by atoms with Gasteiger partial charge in [0.1, 0.15) is 5.01 Å². The number of nitrogens with one attached hydrogen (secondary N) is 1. The first kappa shape index (κ1) is 19.0. The zero-order chi connectivity index (χ0) is 19.4. The molecule has 1 aromatic carbocycles. The summed E-state index contributed by atoms with van der Waals surface area (Å²) in [5, 5.41) is 5.75. The lowest BCUT2D eigenvalue weighted by atomic mass is 10.2. The number of carbonyl (C=O) groups is 2. The lowest BCUT2D eigenvalue weighted by molar-refractivity contribution is -0.115. The summed E-state index contributed by atoms with van der Waals surface area (Å²) in [6.45, 7) is 0. The number of hydrogen-bond donors (Lipinski definition) is 1. The van der Waals surface area contributed by atoms with Crippen molar-refractivity contribution in [3.63, 3.8) is 0 Å². The number of carbonyl (C=O) groups excluding carboxylic acids is 2. The Morgan fingerprint density at radius 3 is 2.74 bits per heavy atom. The molecular formula is C19H17ClN4O2S. The molecular weight excluding hydrogens is 384 g/mol. The van der Waals surface area contributed by atoms with Crippen molar-refractivity contribution in [1.29, 1.82) is 0 Å². The van der Waals surface area contributed by atoms with Crippen LogP contribution in [0.25, 0.3) is 10.6 Å². The molecule has 3 aromatic rings. The summed E-state index contributed by atoms with van der Waals surface area (Å²) in [5.74, 6) is -0.399. The van der Waals surface area contributed by atoms with E-state index in [1.165, 1.54) is 16.2 Å². The number of amides is 2. The van der Waals surface area contributed by atoms with Crippen LogP contribution in [0.4, 0.5) is 5.69 Å². The molecule has 0 aliphatic heterocycles. The smallest absolute Gasteiger partial charge is 0.254 e. The Balaban J connectivity index is 1.65. The minimum atomic E-state index is -0.208. The lowest BCUT2D eigenvalue weighted by Gasteiger charge is -2.12. The van der Waals surface area contributed by atoms with Crippen molar-refractivity contribution in [3.05, 3.63) is 64.4 Å². The summed E-state index contributed by atoms with van der Waals surface area (Å²) >= 11 is 7.63. The molecule has 8 heteroatoms. The molecule has 3 rings (SSSR count). The number of pyridine rings is 1. The quantitative estimate of drug-likeness (QED) is 0.707. The Bertz CT molecular complexity index is 973. The Morgan fingerprint density at radius 2 is 2.07 bits per heavy atom. The van der Waals surface area contributed by atoms with E-state index in [1.54, 1.807) is 44.7 Å². The Labute approximate surface area is 165 Å². The van der Waals surface area contributed by atoms with Gasteiger partial charge in [0.25, 0.3) is 5.91 Å². The Hall–Kier alpha value is -2.77. The maximum Gasteiger partial charge on any atom is 0.254 e. The highest BCUT2D eigenvalue weighted by Gasteiger charge is 2.14. The van der Waals surface area contributed by atoms with Crippen molar-refractivity contribution in [3.8, 4) is 10.6 Å². The number of benzene rings is 1. The second-order valence-electron chi connectivity index (χ2n) is 6.00. The van der Waals surface area contributed by atoms with Gasteiger partial charge in [0.15, 0.2) is 0 Å². The summed E-state index contributed by atoms with van der Waals surface area (Å²) in [7, 11) is 3.31. The van der Waals surface area contributed by atoms with Gasteiger partial charge in [-0.1, -0.05) is 11.6 Å². The third-order valence-corrected chi connectivity index (χ3v) is 4.94. The number of nitrogens with zero attached hydrogens (tertiary/aromatic N) is 3. The van der Waals surface area contributed by atoms with Crippen molar-refractivity contribution in [2.45, 2.75) is 6.42 Å². The molecule has 0 aliphatic rings. The molecule has 0 bridgehead atoms. The summed E-state index contributed by atoms with van der Waals surface area (Å²) < 4.78 is 0. The van der Waals surface area contributed by atoms with Crippen LogP contribution in [0.1, 0.15) is 16.1 Å². The normalized spacial score (nSPS) is 10.5. The number of hydrogen-bond acceptors (Lipinski definition) is 5. The van der Waals surface area contributed by atoms with Gasteiger partial charge in [-0.2, -0.15) is 0 Å². The standard InChI is InChI=1S/C19H17ClN4O2S/c1-24(2)19(26)15-6-5-13(8-16(15)20)22-17(25)9-14-11-27-18(23-14)12-4-3-7-21-10-12/h3-8,10-11H,9H2,1-2H3,(H,22,25). The van der Waals surface area contributed by atoms with Gasteiger partial charge < -0.3 is 10.2 Å². The van der Waals surface area contributed by atoms with E-state index < -0.39 is 0 Å². The fourth-order valence-electron chi connectivity index (χ4n) is 2.39. The van der Waals surface area contributed by atoms with E-state index in [0.29, 0.717) is 22.0 Å². The first-order chi connectivity index (χ1) is 12.9. The number of halogens is 1. The van der Waals surface area contributed by atoms with E-state index in [9.17, 15) is 9.59 Å². The highest BCUT2D eigenvalue weighted by Crippen LogP contribution is 2.24. The average molecular weight is 401 g/mol. The van der Waals surface area contributed by atoms with Gasteiger partial charge in [-0.3, -0.25) is 14.6 Å². The molecule has 2 aromatic heterocycles. The van der Waals surface area contributed by atoms with Crippen LogP contribution < -0.4 is 5.32 Å². The lowest BCUT2D eigenvalue weighted by Crippen LogP contribution is -2.22. The van der Waals surface area contributed by atoms with Crippen LogP contribution >= 0.6 is 22.9 Å². The van der Waals surface area contributed by atoms with Gasteiger partial charge in [-0.25, -0.2) is 4.98 Å². The largest absolute Gasteiger partial charge is 0.345 e. The van der Waals surface area contributed by atoms with Crippen LogP contribution in [-0.2, 0) is 11.2 Å². The van der Waals surface area contributed by atoms with Crippen LogP contribution in [-0.4, -0.2) is 40.8 Å². The molecule has 138 valence electrons. The topological polar surface area (TPSA) is 75.2 Å². The second kappa shape index (κ2) is 8.28. The summed E-state index contributed by atoms with van der Waals surface area (Å²) in [6.07, 6.45) is 3.59. The highest BCUT2D eigenvalue weighted by atomic mass is 35.5. The number of anilines is 1. The molecule has 0 aliphatic carbocycles. The fourth-order valence-corrected chi connectivity index (χ4v) is 3.46. The molecule has 0 fully saturated rings. The van der Waals surface area contributed by atoms with Gasteiger partial charge >= 0.3 is 0 Å². The maximum atomic E-state index is 12.3. The van der Waals surface area contributed by atoms with Gasteiger partial charge in [0.2, 0.25) is 5.91 Å².